The SMILES string of the molecule is CCC(=O)CS(=O)Cc1ccccc1Cl. The fourth-order valence-electron chi connectivity index (χ4n) is 1.12. The molecule has 0 heterocycles. The molecule has 0 amide bonds. The van der Waals surface area contributed by atoms with Crippen molar-refractivity contribution in [2.24, 2.45) is 0 Å². The van der Waals surface area contributed by atoms with Crippen molar-refractivity contribution in [3.8, 4) is 0 Å². The zero-order valence-corrected chi connectivity index (χ0v) is 10.1. The number of hydrogen-bond donors (Lipinski definition) is 0. The predicted molar refractivity (Wildman–Crippen MR) is 63.5 cm³/mol. The van der Waals surface area contributed by atoms with Gasteiger partial charge in [0.05, 0.1) is 11.5 Å². The van der Waals surface area contributed by atoms with Crippen LogP contribution in [0, 0.1) is 0 Å². The van der Waals surface area contributed by atoms with E-state index in [0.29, 0.717) is 17.2 Å². The number of rotatable bonds is 5. The summed E-state index contributed by atoms with van der Waals surface area (Å²) in [6.07, 6.45) is 0.439. The number of benzene rings is 1. The van der Waals surface area contributed by atoms with Crippen LogP contribution in [-0.2, 0) is 21.3 Å². The zero-order chi connectivity index (χ0) is 11.3. The van der Waals surface area contributed by atoms with Crippen molar-refractivity contribution in [3.63, 3.8) is 0 Å². The molecule has 82 valence electrons. The first-order valence-corrected chi connectivity index (χ1v) is 6.60. The molecule has 1 aromatic rings. The largest absolute Gasteiger partial charge is 0.299 e. The van der Waals surface area contributed by atoms with Crippen molar-refractivity contribution in [1.29, 1.82) is 0 Å². The first-order valence-electron chi connectivity index (χ1n) is 4.73. The normalized spacial score (nSPS) is 12.4. The molecule has 1 aromatic carbocycles. The average Bonchev–Trinajstić information content (AvgIpc) is 2.21. The minimum absolute atomic E-state index is 0.0281. The third kappa shape index (κ3) is 4.14. The van der Waals surface area contributed by atoms with Crippen LogP contribution in [0.25, 0.3) is 0 Å². The first-order chi connectivity index (χ1) is 7.13. The Hall–Kier alpha value is -0.670. The third-order valence-corrected chi connectivity index (χ3v) is 3.64. The van der Waals surface area contributed by atoms with E-state index in [1.807, 2.05) is 18.2 Å². The number of Topliss-reactive ketones (excluding diaryl/α,β-unsaturated/α-hetero) is 1. The van der Waals surface area contributed by atoms with Crippen LogP contribution in [0.5, 0.6) is 0 Å². The molecule has 1 atom stereocenters. The number of hydrogen-bond acceptors (Lipinski definition) is 2. The van der Waals surface area contributed by atoms with Crippen molar-refractivity contribution >= 4 is 28.2 Å². The van der Waals surface area contributed by atoms with Crippen LogP contribution < -0.4 is 0 Å². The fourth-order valence-corrected chi connectivity index (χ4v) is 2.67. The van der Waals surface area contributed by atoms with Gasteiger partial charge in [-0.25, -0.2) is 0 Å². The van der Waals surface area contributed by atoms with Crippen molar-refractivity contribution in [3.05, 3.63) is 34.9 Å². The Balaban J connectivity index is 2.59. The molecule has 1 rings (SSSR count). The molecule has 0 saturated carbocycles. The van der Waals surface area contributed by atoms with Crippen LogP contribution >= 0.6 is 11.6 Å². The summed E-state index contributed by atoms with van der Waals surface area (Å²) in [5.41, 5.74) is 0.835. The van der Waals surface area contributed by atoms with Gasteiger partial charge in [-0.1, -0.05) is 36.7 Å². The molecule has 1 unspecified atom stereocenters. The van der Waals surface area contributed by atoms with E-state index >= 15 is 0 Å². The summed E-state index contributed by atoms with van der Waals surface area (Å²) < 4.78 is 11.6. The highest BCUT2D eigenvalue weighted by Crippen LogP contribution is 2.16. The molecule has 15 heavy (non-hydrogen) atoms. The minimum atomic E-state index is -1.15. The summed E-state index contributed by atoms with van der Waals surface area (Å²) in [7, 11) is -1.15. The molecule has 0 aliphatic heterocycles. The predicted octanol–water partition coefficient (Wildman–Crippen LogP) is 2.57. The van der Waals surface area contributed by atoms with E-state index in [1.54, 1.807) is 13.0 Å². The number of carbonyl (C=O) groups excluding carboxylic acids is 1. The van der Waals surface area contributed by atoms with Crippen LogP contribution in [-0.4, -0.2) is 15.7 Å². The molecule has 0 radical (unpaired) electrons. The quantitative estimate of drug-likeness (QED) is 0.798. The van der Waals surface area contributed by atoms with Gasteiger partial charge in [-0.2, -0.15) is 0 Å². The van der Waals surface area contributed by atoms with E-state index in [9.17, 15) is 9.00 Å². The van der Waals surface area contributed by atoms with Gasteiger partial charge in [-0.15, -0.1) is 0 Å². The Bertz CT molecular complexity index is 377. The molecule has 0 saturated heterocycles. The van der Waals surface area contributed by atoms with Gasteiger partial charge in [0.2, 0.25) is 0 Å². The number of ketones is 1. The van der Waals surface area contributed by atoms with Gasteiger partial charge in [-0.3, -0.25) is 9.00 Å². The lowest BCUT2D eigenvalue weighted by Crippen LogP contribution is -2.10. The molecular weight excluding hydrogens is 232 g/mol. The summed E-state index contributed by atoms with van der Waals surface area (Å²) in [4.78, 5) is 11.1. The van der Waals surface area contributed by atoms with Crippen LogP contribution in [0.1, 0.15) is 18.9 Å². The third-order valence-electron chi connectivity index (χ3n) is 1.99. The molecule has 2 nitrogen and oxygen atoms in total. The number of carbonyl (C=O) groups is 1. The van der Waals surface area contributed by atoms with Crippen LogP contribution in [0.2, 0.25) is 5.02 Å². The van der Waals surface area contributed by atoms with Gasteiger partial charge < -0.3 is 0 Å². The van der Waals surface area contributed by atoms with Crippen LogP contribution in [0.15, 0.2) is 24.3 Å². The molecule has 4 heteroatoms. The lowest BCUT2D eigenvalue weighted by atomic mass is 10.2. The topological polar surface area (TPSA) is 34.1 Å². The monoisotopic (exact) mass is 244 g/mol. The maximum absolute atomic E-state index is 11.6. The van der Waals surface area contributed by atoms with Gasteiger partial charge in [-0.05, 0) is 11.6 Å². The first kappa shape index (κ1) is 12.4. The highest BCUT2D eigenvalue weighted by Gasteiger charge is 2.08. The van der Waals surface area contributed by atoms with Crippen molar-refractivity contribution in [2.75, 3.05) is 5.75 Å². The zero-order valence-electron chi connectivity index (χ0n) is 8.53. The Kier molecular flexibility index (Phi) is 4.99. The average molecular weight is 245 g/mol. The molecule has 0 fully saturated rings. The van der Waals surface area contributed by atoms with Crippen LogP contribution in [0.3, 0.4) is 0 Å². The van der Waals surface area contributed by atoms with Gasteiger partial charge in [0, 0.05) is 22.2 Å². The second-order valence-corrected chi connectivity index (χ2v) is 5.08. The molecule has 0 aliphatic carbocycles. The van der Waals surface area contributed by atoms with E-state index in [4.69, 9.17) is 11.6 Å². The van der Waals surface area contributed by atoms with E-state index in [2.05, 4.69) is 0 Å². The Morgan fingerprint density at radius 2 is 2.07 bits per heavy atom. The number of halogens is 1. The van der Waals surface area contributed by atoms with Crippen molar-refractivity contribution in [2.45, 2.75) is 19.1 Å². The Morgan fingerprint density at radius 3 is 2.67 bits per heavy atom. The second kappa shape index (κ2) is 6.03. The van der Waals surface area contributed by atoms with Gasteiger partial charge >= 0.3 is 0 Å². The maximum atomic E-state index is 11.6. The second-order valence-electron chi connectivity index (χ2n) is 3.21. The molecular formula is C11H13ClO2S. The van der Waals surface area contributed by atoms with Gasteiger partial charge in [0.1, 0.15) is 5.78 Å². The molecule has 0 aliphatic rings. The molecule has 0 spiro atoms. The van der Waals surface area contributed by atoms with E-state index < -0.39 is 10.8 Å². The van der Waals surface area contributed by atoms with Crippen LogP contribution in [0.4, 0.5) is 0 Å². The summed E-state index contributed by atoms with van der Waals surface area (Å²) in [6, 6.07) is 7.26. The van der Waals surface area contributed by atoms with E-state index in [-0.39, 0.29) is 11.5 Å². The van der Waals surface area contributed by atoms with Crippen molar-refractivity contribution in [1.82, 2.24) is 0 Å². The summed E-state index contributed by atoms with van der Waals surface area (Å²) in [5.74, 6) is 0.507. The Morgan fingerprint density at radius 1 is 1.40 bits per heavy atom. The smallest absolute Gasteiger partial charge is 0.145 e. The highest BCUT2D eigenvalue weighted by atomic mass is 35.5. The Labute approximate surface area is 97.1 Å². The highest BCUT2D eigenvalue weighted by molar-refractivity contribution is 7.84. The standard InChI is InChI=1S/C11H13ClO2S/c1-2-10(13)8-15(14)7-9-5-3-4-6-11(9)12/h3-6H,2,7-8H2,1H3. The van der Waals surface area contributed by atoms with E-state index in [1.165, 1.54) is 0 Å². The lowest BCUT2D eigenvalue weighted by molar-refractivity contribution is -0.116. The van der Waals surface area contributed by atoms with Gasteiger partial charge in [0.15, 0.2) is 0 Å². The lowest BCUT2D eigenvalue weighted by Gasteiger charge is -2.03. The summed E-state index contributed by atoms with van der Waals surface area (Å²) >= 11 is 5.92. The molecule has 0 bridgehead atoms. The van der Waals surface area contributed by atoms with E-state index in [0.717, 1.165) is 5.56 Å². The minimum Gasteiger partial charge on any atom is -0.299 e. The van der Waals surface area contributed by atoms with Gasteiger partial charge in [0.25, 0.3) is 0 Å². The molecule has 0 aromatic heterocycles. The summed E-state index contributed by atoms with van der Waals surface area (Å²) in [6.45, 7) is 1.77. The maximum Gasteiger partial charge on any atom is 0.145 e. The van der Waals surface area contributed by atoms with Crippen molar-refractivity contribution < 1.29 is 9.00 Å². The summed E-state index contributed by atoms with van der Waals surface area (Å²) in [5, 5.41) is 0.606. The fraction of sp³-hybridized carbons (Fsp3) is 0.364. The molecule has 0 N–H and O–H groups in total.